The standard InChI is InChI=1S/C21H25FN10O3/c1-30-11-15(28-29-30)19(33)31(2)13-7-14(8-13)35-18-16(22)17(12-9-24-20(23)25-10-12)26-21(27-18)32-3-5-34-6-4-32/h9-11,13-14H,3-8H2,1-2H3,(H2,23,24,25)/t13-,14-. The lowest BCUT2D eigenvalue weighted by atomic mass is 9.88. The SMILES string of the molecule is Cn1cc(C(=O)N(C)[C@H]2C[C@H](Oc3nc(N4CCOCC4)nc(-c4cnc(N)nc4)c3F)C2)nn1. The van der Waals surface area contributed by atoms with Gasteiger partial charge >= 0.3 is 0 Å². The summed E-state index contributed by atoms with van der Waals surface area (Å²) in [6.07, 6.45) is 5.13. The Balaban J connectivity index is 1.34. The minimum atomic E-state index is -0.706. The molecule has 0 atom stereocenters. The molecule has 0 unspecified atom stereocenters. The molecule has 184 valence electrons. The zero-order chi connectivity index (χ0) is 24.5. The first-order valence-corrected chi connectivity index (χ1v) is 11.2. The van der Waals surface area contributed by atoms with E-state index in [-0.39, 0.29) is 41.3 Å². The second kappa shape index (κ2) is 9.37. The molecule has 2 fully saturated rings. The molecule has 1 saturated carbocycles. The maximum atomic E-state index is 15.5. The molecule has 1 aliphatic heterocycles. The van der Waals surface area contributed by atoms with Gasteiger partial charge in [-0.15, -0.1) is 5.10 Å². The number of carbonyl (C=O) groups excluding carboxylic acids is 1. The number of aryl methyl sites for hydroxylation is 1. The highest BCUT2D eigenvalue weighted by molar-refractivity contribution is 5.92. The molecule has 1 amide bonds. The summed E-state index contributed by atoms with van der Waals surface area (Å²) in [6, 6.07) is -0.0666. The molecular formula is C21H25FN10O3. The zero-order valence-electron chi connectivity index (χ0n) is 19.3. The van der Waals surface area contributed by atoms with Crippen LogP contribution in [0.3, 0.4) is 0 Å². The molecule has 14 heteroatoms. The summed E-state index contributed by atoms with van der Waals surface area (Å²) >= 11 is 0. The normalized spacial score (nSPS) is 19.8. The van der Waals surface area contributed by atoms with Gasteiger partial charge in [0.1, 0.15) is 11.8 Å². The Morgan fingerprint density at radius 2 is 1.94 bits per heavy atom. The second-order valence-electron chi connectivity index (χ2n) is 8.48. The van der Waals surface area contributed by atoms with Crippen LogP contribution in [0, 0.1) is 5.82 Å². The van der Waals surface area contributed by atoms with Crippen molar-refractivity contribution in [3.05, 3.63) is 30.1 Å². The number of hydrogen-bond acceptors (Lipinski definition) is 11. The number of aromatic nitrogens is 7. The summed E-state index contributed by atoms with van der Waals surface area (Å²) in [5.41, 5.74) is 6.24. The van der Waals surface area contributed by atoms with E-state index in [1.54, 1.807) is 25.2 Å². The number of ether oxygens (including phenoxy) is 2. The van der Waals surface area contributed by atoms with Crippen molar-refractivity contribution in [3.63, 3.8) is 0 Å². The summed E-state index contributed by atoms with van der Waals surface area (Å²) < 4.78 is 28.3. The molecule has 1 saturated heterocycles. The van der Waals surface area contributed by atoms with Crippen LogP contribution in [-0.4, -0.2) is 91.2 Å². The van der Waals surface area contributed by atoms with Crippen molar-refractivity contribution in [1.29, 1.82) is 0 Å². The Hall–Kier alpha value is -3.94. The molecule has 3 aromatic heterocycles. The van der Waals surface area contributed by atoms with Gasteiger partial charge in [0.25, 0.3) is 11.8 Å². The Morgan fingerprint density at radius 1 is 1.23 bits per heavy atom. The van der Waals surface area contributed by atoms with Crippen LogP contribution >= 0.6 is 0 Å². The highest BCUT2D eigenvalue weighted by atomic mass is 19.1. The second-order valence-corrected chi connectivity index (χ2v) is 8.48. The third-order valence-corrected chi connectivity index (χ3v) is 6.09. The lowest BCUT2D eigenvalue weighted by Crippen LogP contribution is -2.50. The number of rotatable bonds is 6. The first kappa shape index (κ1) is 22.8. The van der Waals surface area contributed by atoms with Crippen LogP contribution in [0.5, 0.6) is 5.88 Å². The molecule has 0 aromatic carbocycles. The van der Waals surface area contributed by atoms with E-state index >= 15 is 4.39 Å². The highest BCUT2D eigenvalue weighted by Crippen LogP contribution is 2.34. The number of anilines is 2. The van der Waals surface area contributed by atoms with Gasteiger partial charge in [-0.1, -0.05) is 5.21 Å². The van der Waals surface area contributed by atoms with Crippen molar-refractivity contribution in [2.24, 2.45) is 7.05 Å². The molecule has 0 spiro atoms. The predicted octanol–water partition coefficient (Wildman–Crippen LogP) is 0.302. The molecule has 3 aromatic rings. The van der Waals surface area contributed by atoms with E-state index < -0.39 is 5.82 Å². The fourth-order valence-electron chi connectivity index (χ4n) is 3.95. The molecule has 2 aliphatic rings. The average molecular weight is 484 g/mol. The van der Waals surface area contributed by atoms with Crippen LogP contribution in [0.2, 0.25) is 0 Å². The molecule has 1 aliphatic carbocycles. The van der Waals surface area contributed by atoms with E-state index in [0.717, 1.165) is 0 Å². The summed E-state index contributed by atoms with van der Waals surface area (Å²) in [4.78, 5) is 32.8. The third kappa shape index (κ3) is 4.69. The van der Waals surface area contributed by atoms with E-state index in [0.29, 0.717) is 50.7 Å². The number of halogens is 1. The summed E-state index contributed by atoms with van der Waals surface area (Å²) in [7, 11) is 3.40. The number of hydrogen-bond donors (Lipinski definition) is 1. The summed E-state index contributed by atoms with van der Waals surface area (Å²) in [6.45, 7) is 2.19. The van der Waals surface area contributed by atoms with Crippen LogP contribution in [-0.2, 0) is 11.8 Å². The molecule has 0 radical (unpaired) electrons. The smallest absolute Gasteiger partial charge is 0.276 e. The fraction of sp³-hybridized carbons (Fsp3) is 0.476. The topological polar surface area (TPSA) is 150 Å². The third-order valence-electron chi connectivity index (χ3n) is 6.09. The molecule has 13 nitrogen and oxygen atoms in total. The van der Waals surface area contributed by atoms with Crippen LogP contribution in [0.25, 0.3) is 11.3 Å². The molecule has 4 heterocycles. The van der Waals surface area contributed by atoms with Crippen molar-refractivity contribution in [1.82, 2.24) is 39.8 Å². The average Bonchev–Trinajstić information content (AvgIpc) is 3.28. The Kier molecular flexibility index (Phi) is 6.11. The van der Waals surface area contributed by atoms with Crippen LogP contribution < -0.4 is 15.4 Å². The first-order chi connectivity index (χ1) is 16.9. The number of amides is 1. The Bertz CT molecular complexity index is 1210. The molecule has 0 bridgehead atoms. The first-order valence-electron chi connectivity index (χ1n) is 11.2. The summed E-state index contributed by atoms with van der Waals surface area (Å²) in [5.74, 6) is -0.673. The van der Waals surface area contributed by atoms with Gasteiger partial charge in [0, 0.05) is 64.0 Å². The van der Waals surface area contributed by atoms with E-state index in [1.165, 1.54) is 17.1 Å². The fourth-order valence-corrected chi connectivity index (χ4v) is 3.95. The zero-order valence-corrected chi connectivity index (χ0v) is 19.3. The van der Waals surface area contributed by atoms with Crippen molar-refractivity contribution in [3.8, 4) is 17.1 Å². The quantitative estimate of drug-likeness (QED) is 0.514. The minimum Gasteiger partial charge on any atom is -0.472 e. The molecular weight excluding hydrogens is 459 g/mol. The molecule has 35 heavy (non-hydrogen) atoms. The van der Waals surface area contributed by atoms with Crippen LogP contribution in [0.15, 0.2) is 18.6 Å². The van der Waals surface area contributed by atoms with Crippen molar-refractivity contribution in [2.75, 3.05) is 44.0 Å². The number of nitrogen functional groups attached to an aromatic ring is 1. The predicted molar refractivity (Wildman–Crippen MR) is 121 cm³/mol. The van der Waals surface area contributed by atoms with E-state index in [1.807, 2.05) is 4.90 Å². The van der Waals surface area contributed by atoms with Crippen LogP contribution in [0.1, 0.15) is 23.3 Å². The van der Waals surface area contributed by atoms with E-state index in [4.69, 9.17) is 15.2 Å². The van der Waals surface area contributed by atoms with Gasteiger partial charge < -0.3 is 25.0 Å². The van der Waals surface area contributed by atoms with Crippen molar-refractivity contribution >= 4 is 17.8 Å². The Labute approximate surface area is 200 Å². The van der Waals surface area contributed by atoms with Gasteiger partial charge in [0.15, 0.2) is 5.69 Å². The van der Waals surface area contributed by atoms with Gasteiger partial charge in [-0.2, -0.15) is 9.37 Å². The Morgan fingerprint density at radius 3 is 2.60 bits per heavy atom. The monoisotopic (exact) mass is 484 g/mol. The number of nitrogens with zero attached hydrogens (tertiary/aromatic N) is 9. The number of carbonyl (C=O) groups is 1. The van der Waals surface area contributed by atoms with Gasteiger partial charge in [0.05, 0.1) is 19.4 Å². The lowest BCUT2D eigenvalue weighted by molar-refractivity contribution is 0.0215. The van der Waals surface area contributed by atoms with Gasteiger partial charge in [-0.3, -0.25) is 9.48 Å². The largest absolute Gasteiger partial charge is 0.472 e. The van der Waals surface area contributed by atoms with Gasteiger partial charge in [-0.25, -0.2) is 15.0 Å². The van der Waals surface area contributed by atoms with Gasteiger partial charge in [-0.05, 0) is 0 Å². The van der Waals surface area contributed by atoms with E-state index in [2.05, 4.69) is 30.2 Å². The van der Waals surface area contributed by atoms with E-state index in [9.17, 15) is 4.79 Å². The maximum absolute atomic E-state index is 15.5. The highest BCUT2D eigenvalue weighted by Gasteiger charge is 2.38. The lowest BCUT2D eigenvalue weighted by Gasteiger charge is -2.40. The van der Waals surface area contributed by atoms with Crippen LogP contribution in [0.4, 0.5) is 16.3 Å². The van der Waals surface area contributed by atoms with Crippen molar-refractivity contribution in [2.45, 2.75) is 25.0 Å². The number of morpholine rings is 1. The van der Waals surface area contributed by atoms with Gasteiger partial charge in [0.2, 0.25) is 17.7 Å². The molecule has 2 N–H and O–H groups in total. The van der Waals surface area contributed by atoms with Crippen molar-refractivity contribution < 1.29 is 18.7 Å². The maximum Gasteiger partial charge on any atom is 0.276 e. The summed E-state index contributed by atoms with van der Waals surface area (Å²) in [5, 5.41) is 7.67. The molecule has 5 rings (SSSR count). The number of nitrogens with two attached hydrogens (primary N) is 1. The minimum absolute atomic E-state index is 0.0299.